The van der Waals surface area contributed by atoms with Gasteiger partial charge in [-0.05, 0) is 25.3 Å². The van der Waals surface area contributed by atoms with Crippen molar-refractivity contribution in [1.29, 1.82) is 0 Å². The summed E-state index contributed by atoms with van der Waals surface area (Å²) in [5.41, 5.74) is -0.455. The van der Waals surface area contributed by atoms with E-state index in [1.54, 1.807) is 4.90 Å². The molecule has 118 valence electrons. The van der Waals surface area contributed by atoms with Crippen molar-refractivity contribution >= 4 is 15.7 Å². The highest BCUT2D eigenvalue weighted by molar-refractivity contribution is 7.91. The zero-order valence-corrected chi connectivity index (χ0v) is 13.6. The molecule has 6 heteroatoms. The van der Waals surface area contributed by atoms with E-state index in [1.165, 1.54) is 0 Å². The number of nitrogens with one attached hydrogen (secondary N) is 1. The van der Waals surface area contributed by atoms with Crippen LogP contribution in [0.15, 0.2) is 0 Å². The average Bonchev–Trinajstić information content (AvgIpc) is 3.02. The molecule has 0 spiro atoms. The van der Waals surface area contributed by atoms with Crippen LogP contribution in [-0.4, -0.2) is 56.4 Å². The largest absolute Gasteiger partial charge is 0.327 e. The average molecular weight is 312 g/mol. The lowest BCUT2D eigenvalue weighted by molar-refractivity contribution is -0.145. The van der Waals surface area contributed by atoms with E-state index in [0.29, 0.717) is 13.0 Å². The van der Waals surface area contributed by atoms with Crippen LogP contribution in [0.2, 0.25) is 0 Å². The van der Waals surface area contributed by atoms with Gasteiger partial charge in [0.25, 0.3) is 0 Å². The van der Waals surface area contributed by atoms with Gasteiger partial charge in [0.2, 0.25) is 5.91 Å². The van der Waals surface area contributed by atoms with Gasteiger partial charge in [0, 0.05) is 12.6 Å². The van der Waals surface area contributed by atoms with Gasteiger partial charge >= 0.3 is 0 Å². The number of terminal acetylenes is 1. The predicted octanol–water partition coefficient (Wildman–Crippen LogP) is 0.271. The van der Waals surface area contributed by atoms with Crippen LogP contribution in [0.3, 0.4) is 0 Å². The molecule has 1 amide bonds. The molecule has 0 aromatic carbocycles. The van der Waals surface area contributed by atoms with E-state index in [2.05, 4.69) is 11.2 Å². The van der Waals surface area contributed by atoms with Crippen LogP contribution < -0.4 is 5.32 Å². The van der Waals surface area contributed by atoms with Crippen LogP contribution in [0.25, 0.3) is 0 Å². The molecule has 0 bridgehead atoms. The first kappa shape index (κ1) is 16.3. The highest BCUT2D eigenvalue weighted by Crippen LogP contribution is 2.37. The second-order valence-electron chi connectivity index (χ2n) is 6.43. The molecule has 2 saturated heterocycles. The minimum Gasteiger partial charge on any atom is -0.327 e. The number of nitrogens with zero attached hydrogens (tertiary/aromatic N) is 1. The van der Waals surface area contributed by atoms with Crippen molar-refractivity contribution in [2.24, 2.45) is 11.3 Å². The Morgan fingerprint density at radius 2 is 2.24 bits per heavy atom. The van der Waals surface area contributed by atoms with E-state index in [-0.39, 0.29) is 35.9 Å². The summed E-state index contributed by atoms with van der Waals surface area (Å²) < 4.78 is 23.4. The molecule has 2 fully saturated rings. The Morgan fingerprint density at radius 1 is 1.52 bits per heavy atom. The van der Waals surface area contributed by atoms with Crippen molar-refractivity contribution in [1.82, 2.24) is 10.2 Å². The van der Waals surface area contributed by atoms with Gasteiger partial charge in [-0.2, -0.15) is 0 Å². The first-order chi connectivity index (χ1) is 9.82. The van der Waals surface area contributed by atoms with Crippen LogP contribution in [0, 0.1) is 23.7 Å². The van der Waals surface area contributed by atoms with Gasteiger partial charge in [0.05, 0.1) is 23.5 Å². The van der Waals surface area contributed by atoms with Gasteiger partial charge in [-0.1, -0.05) is 19.8 Å². The van der Waals surface area contributed by atoms with Crippen LogP contribution in [0.1, 0.15) is 26.7 Å². The van der Waals surface area contributed by atoms with Crippen LogP contribution in [0.4, 0.5) is 0 Å². The fraction of sp³-hybridized carbons (Fsp3) is 0.800. The van der Waals surface area contributed by atoms with Gasteiger partial charge in [0.1, 0.15) is 0 Å². The zero-order chi connectivity index (χ0) is 15.7. The Hall–Kier alpha value is -1.06. The van der Waals surface area contributed by atoms with E-state index in [9.17, 15) is 13.2 Å². The molecule has 0 aromatic heterocycles. The van der Waals surface area contributed by atoms with Crippen molar-refractivity contribution in [3.8, 4) is 12.3 Å². The standard InChI is InChI=1S/C15H24N2O3S/c1-4-8-17(13-5-9-21(19,20)10-13)14(18)15(12(2)3)6-7-16-11-15/h1,12-13,16H,5-11H2,2-3H3. The number of carbonyl (C=O) groups is 1. The number of sulfone groups is 1. The van der Waals surface area contributed by atoms with Gasteiger partial charge < -0.3 is 10.2 Å². The lowest BCUT2D eigenvalue weighted by Gasteiger charge is -2.38. The molecule has 2 heterocycles. The normalized spacial score (nSPS) is 31.2. The maximum absolute atomic E-state index is 13.1. The quantitative estimate of drug-likeness (QED) is 0.757. The molecule has 0 aromatic rings. The molecule has 0 radical (unpaired) electrons. The van der Waals surface area contributed by atoms with Crippen LogP contribution in [-0.2, 0) is 14.6 Å². The van der Waals surface area contributed by atoms with Crippen LogP contribution in [0.5, 0.6) is 0 Å². The Labute approximate surface area is 127 Å². The molecule has 2 aliphatic rings. The van der Waals surface area contributed by atoms with Crippen LogP contribution >= 0.6 is 0 Å². The third-order valence-corrected chi connectivity index (χ3v) is 6.64. The second-order valence-corrected chi connectivity index (χ2v) is 8.66. The summed E-state index contributed by atoms with van der Waals surface area (Å²) >= 11 is 0. The maximum atomic E-state index is 13.1. The zero-order valence-electron chi connectivity index (χ0n) is 12.8. The molecule has 21 heavy (non-hydrogen) atoms. The third kappa shape index (κ3) is 3.09. The molecule has 2 atom stereocenters. The Balaban J connectivity index is 2.26. The number of amides is 1. The van der Waals surface area contributed by atoms with E-state index in [0.717, 1.165) is 13.0 Å². The summed E-state index contributed by atoms with van der Waals surface area (Å²) in [6.45, 7) is 5.74. The predicted molar refractivity (Wildman–Crippen MR) is 82.4 cm³/mol. The molecule has 2 unspecified atom stereocenters. The van der Waals surface area contributed by atoms with Gasteiger partial charge in [-0.3, -0.25) is 4.79 Å². The molecular weight excluding hydrogens is 288 g/mol. The molecule has 0 aliphatic carbocycles. The Kier molecular flexibility index (Phi) is 4.64. The SMILES string of the molecule is C#CCN(C(=O)C1(C(C)C)CCNC1)C1CCS(=O)(=O)C1. The fourth-order valence-electron chi connectivity index (χ4n) is 3.41. The Morgan fingerprint density at radius 3 is 2.67 bits per heavy atom. The highest BCUT2D eigenvalue weighted by atomic mass is 32.2. The van der Waals surface area contributed by atoms with E-state index in [1.807, 2.05) is 13.8 Å². The molecule has 1 N–H and O–H groups in total. The van der Waals surface area contributed by atoms with E-state index < -0.39 is 15.3 Å². The smallest absolute Gasteiger partial charge is 0.231 e. The molecule has 2 aliphatic heterocycles. The third-order valence-electron chi connectivity index (χ3n) is 4.89. The molecule has 2 rings (SSSR count). The first-order valence-electron chi connectivity index (χ1n) is 7.48. The lowest BCUT2D eigenvalue weighted by Crippen LogP contribution is -2.52. The fourth-order valence-corrected chi connectivity index (χ4v) is 5.14. The molecular formula is C15H24N2O3S. The molecule has 0 saturated carbocycles. The summed E-state index contributed by atoms with van der Waals surface area (Å²) in [5, 5.41) is 3.26. The number of rotatable bonds is 4. The minimum atomic E-state index is -3.03. The van der Waals surface area contributed by atoms with Crippen molar-refractivity contribution < 1.29 is 13.2 Å². The monoisotopic (exact) mass is 312 g/mol. The number of hydrogen-bond acceptors (Lipinski definition) is 4. The molecule has 5 nitrogen and oxygen atoms in total. The van der Waals surface area contributed by atoms with Crippen molar-refractivity contribution in [2.75, 3.05) is 31.1 Å². The van der Waals surface area contributed by atoms with Gasteiger partial charge in [-0.15, -0.1) is 6.42 Å². The van der Waals surface area contributed by atoms with Crippen molar-refractivity contribution in [3.63, 3.8) is 0 Å². The second kappa shape index (κ2) is 5.98. The first-order valence-corrected chi connectivity index (χ1v) is 9.30. The minimum absolute atomic E-state index is 0.0163. The van der Waals surface area contributed by atoms with E-state index >= 15 is 0 Å². The number of carbonyl (C=O) groups excluding carboxylic acids is 1. The van der Waals surface area contributed by atoms with Crippen molar-refractivity contribution in [3.05, 3.63) is 0 Å². The topological polar surface area (TPSA) is 66.5 Å². The van der Waals surface area contributed by atoms with Gasteiger partial charge in [-0.25, -0.2) is 8.42 Å². The maximum Gasteiger partial charge on any atom is 0.231 e. The summed E-state index contributed by atoms with van der Waals surface area (Å²) in [7, 11) is -3.03. The summed E-state index contributed by atoms with van der Waals surface area (Å²) in [5.74, 6) is 2.93. The Bertz CT molecular complexity index is 542. The summed E-state index contributed by atoms with van der Waals surface area (Å²) in [4.78, 5) is 14.7. The van der Waals surface area contributed by atoms with E-state index in [4.69, 9.17) is 6.42 Å². The lowest BCUT2D eigenvalue weighted by atomic mass is 9.75. The van der Waals surface area contributed by atoms with Gasteiger partial charge in [0.15, 0.2) is 9.84 Å². The summed E-state index contributed by atoms with van der Waals surface area (Å²) in [6, 6.07) is -0.269. The highest BCUT2D eigenvalue weighted by Gasteiger charge is 2.48. The number of hydrogen-bond donors (Lipinski definition) is 1. The summed E-state index contributed by atoms with van der Waals surface area (Å²) in [6.07, 6.45) is 6.69. The van der Waals surface area contributed by atoms with Crippen molar-refractivity contribution in [2.45, 2.75) is 32.7 Å².